The first kappa shape index (κ1) is 21.9. The Bertz CT molecular complexity index is 1040. The number of hydrogen-bond donors (Lipinski definition) is 0. The van der Waals surface area contributed by atoms with Crippen LogP contribution in [0.1, 0.15) is 24.0 Å². The second-order valence-corrected chi connectivity index (χ2v) is 9.32. The summed E-state index contributed by atoms with van der Waals surface area (Å²) in [5, 5.41) is 7.38. The zero-order chi connectivity index (χ0) is 22.6. The minimum absolute atomic E-state index is 0.152. The lowest BCUT2D eigenvalue weighted by Gasteiger charge is -2.37. The quantitative estimate of drug-likeness (QED) is 0.635. The van der Waals surface area contributed by atoms with E-state index in [4.69, 9.17) is 5.10 Å². The molecule has 0 saturated carbocycles. The summed E-state index contributed by atoms with van der Waals surface area (Å²) in [4.78, 5) is 5.03. The van der Waals surface area contributed by atoms with E-state index in [0.717, 1.165) is 63.4 Å². The van der Waals surface area contributed by atoms with Gasteiger partial charge in [0.25, 0.3) is 0 Å². The molecule has 2 aliphatic heterocycles. The van der Waals surface area contributed by atoms with E-state index in [1.807, 2.05) is 19.1 Å². The van der Waals surface area contributed by atoms with Crippen molar-refractivity contribution in [2.45, 2.75) is 25.8 Å². The summed E-state index contributed by atoms with van der Waals surface area (Å²) in [5.74, 6) is 0.313. The molecule has 0 amide bonds. The topological polar surface area (TPSA) is 22.1 Å². The summed E-state index contributed by atoms with van der Waals surface area (Å²) in [6.07, 6.45) is 10.8. The first-order valence-electron chi connectivity index (χ1n) is 12.1. The zero-order valence-corrected chi connectivity index (χ0v) is 19.4. The van der Waals surface area contributed by atoms with Crippen LogP contribution in [-0.2, 0) is 0 Å². The van der Waals surface area contributed by atoms with Crippen molar-refractivity contribution < 1.29 is 4.39 Å². The number of hydrogen-bond acceptors (Lipinski definition) is 4. The first-order valence-corrected chi connectivity index (χ1v) is 12.1. The number of para-hydroxylation sites is 1. The predicted octanol–water partition coefficient (Wildman–Crippen LogP) is 4.87. The van der Waals surface area contributed by atoms with Crippen LogP contribution in [0.4, 0.5) is 10.1 Å². The SMILES string of the molecule is Cc1cc(C2=NN(CCN3CCN(c4ccccc4)CC3)C(C3C=CC=CC3)C2)ccc1F. The van der Waals surface area contributed by atoms with Gasteiger partial charge in [0.15, 0.2) is 0 Å². The summed E-state index contributed by atoms with van der Waals surface area (Å²) in [6.45, 7) is 8.05. The summed E-state index contributed by atoms with van der Waals surface area (Å²) in [7, 11) is 0. The minimum Gasteiger partial charge on any atom is -0.369 e. The Morgan fingerprint density at radius 3 is 2.52 bits per heavy atom. The highest BCUT2D eigenvalue weighted by Gasteiger charge is 2.33. The molecule has 0 spiro atoms. The lowest BCUT2D eigenvalue weighted by atomic mass is 9.88. The number of aryl methyl sites for hydroxylation is 1. The molecule has 33 heavy (non-hydrogen) atoms. The van der Waals surface area contributed by atoms with E-state index < -0.39 is 0 Å². The van der Waals surface area contributed by atoms with Gasteiger partial charge in [0.1, 0.15) is 5.82 Å². The summed E-state index contributed by atoms with van der Waals surface area (Å²) >= 11 is 0. The van der Waals surface area contributed by atoms with E-state index in [1.54, 1.807) is 6.07 Å². The number of allylic oxidation sites excluding steroid dienone is 3. The number of hydrazone groups is 1. The van der Waals surface area contributed by atoms with Crippen LogP contribution in [0.2, 0.25) is 0 Å². The van der Waals surface area contributed by atoms with Crippen LogP contribution in [0.25, 0.3) is 0 Å². The van der Waals surface area contributed by atoms with Crippen molar-refractivity contribution in [2.75, 3.05) is 44.2 Å². The maximum atomic E-state index is 13.8. The number of nitrogens with zero attached hydrogens (tertiary/aromatic N) is 4. The van der Waals surface area contributed by atoms with E-state index in [9.17, 15) is 4.39 Å². The van der Waals surface area contributed by atoms with Gasteiger partial charge in [-0.25, -0.2) is 4.39 Å². The number of anilines is 1. The number of piperazine rings is 1. The van der Waals surface area contributed by atoms with Crippen LogP contribution >= 0.6 is 0 Å². The average molecular weight is 445 g/mol. The second kappa shape index (κ2) is 9.92. The molecule has 0 aromatic heterocycles. The van der Waals surface area contributed by atoms with Crippen LogP contribution < -0.4 is 4.90 Å². The Morgan fingerprint density at radius 2 is 1.79 bits per heavy atom. The number of halogens is 1. The Morgan fingerprint density at radius 1 is 0.970 bits per heavy atom. The average Bonchev–Trinajstić information content (AvgIpc) is 3.30. The molecule has 2 aromatic rings. The molecule has 0 N–H and O–H groups in total. The molecule has 2 aromatic carbocycles. The maximum Gasteiger partial charge on any atom is 0.126 e. The monoisotopic (exact) mass is 444 g/mol. The van der Waals surface area contributed by atoms with Crippen molar-refractivity contribution in [1.82, 2.24) is 9.91 Å². The number of benzene rings is 2. The highest BCUT2D eigenvalue weighted by Crippen LogP contribution is 2.30. The van der Waals surface area contributed by atoms with Gasteiger partial charge in [-0.2, -0.15) is 5.10 Å². The fraction of sp³-hybridized carbons (Fsp3) is 0.393. The molecule has 0 radical (unpaired) electrons. The van der Waals surface area contributed by atoms with Gasteiger partial charge in [0.05, 0.1) is 11.8 Å². The summed E-state index contributed by atoms with van der Waals surface area (Å²) in [5.41, 5.74) is 4.13. The van der Waals surface area contributed by atoms with E-state index in [1.165, 1.54) is 5.69 Å². The number of rotatable bonds is 6. The van der Waals surface area contributed by atoms with Gasteiger partial charge in [0, 0.05) is 57.3 Å². The molecule has 172 valence electrons. The van der Waals surface area contributed by atoms with Crippen molar-refractivity contribution >= 4 is 11.4 Å². The van der Waals surface area contributed by atoms with Gasteiger partial charge in [-0.05, 0) is 48.7 Å². The minimum atomic E-state index is -0.152. The molecule has 5 heteroatoms. The van der Waals surface area contributed by atoms with Gasteiger partial charge in [-0.3, -0.25) is 9.91 Å². The highest BCUT2D eigenvalue weighted by atomic mass is 19.1. The van der Waals surface area contributed by atoms with Crippen LogP contribution in [0.5, 0.6) is 0 Å². The molecule has 3 aliphatic rings. The lowest BCUT2D eigenvalue weighted by Crippen LogP contribution is -2.49. The largest absolute Gasteiger partial charge is 0.369 e. The lowest BCUT2D eigenvalue weighted by molar-refractivity contribution is 0.153. The molecule has 1 fully saturated rings. The smallest absolute Gasteiger partial charge is 0.126 e. The predicted molar refractivity (Wildman–Crippen MR) is 134 cm³/mol. The van der Waals surface area contributed by atoms with E-state index >= 15 is 0 Å². The maximum absolute atomic E-state index is 13.8. The van der Waals surface area contributed by atoms with Crippen molar-refractivity contribution in [3.63, 3.8) is 0 Å². The third-order valence-electron chi connectivity index (χ3n) is 7.17. The molecular weight excluding hydrogens is 411 g/mol. The van der Waals surface area contributed by atoms with Crippen molar-refractivity contribution in [3.05, 3.63) is 89.8 Å². The molecule has 1 aliphatic carbocycles. The van der Waals surface area contributed by atoms with Gasteiger partial charge >= 0.3 is 0 Å². The molecule has 0 bridgehead atoms. The van der Waals surface area contributed by atoms with Crippen molar-refractivity contribution in [2.24, 2.45) is 11.0 Å². The van der Waals surface area contributed by atoms with Crippen LogP contribution in [0.3, 0.4) is 0 Å². The van der Waals surface area contributed by atoms with Crippen LogP contribution in [0, 0.1) is 18.7 Å². The fourth-order valence-corrected chi connectivity index (χ4v) is 5.16. The van der Waals surface area contributed by atoms with Gasteiger partial charge in [-0.15, -0.1) is 0 Å². The third-order valence-corrected chi connectivity index (χ3v) is 7.17. The molecule has 1 saturated heterocycles. The zero-order valence-electron chi connectivity index (χ0n) is 19.4. The fourth-order valence-electron chi connectivity index (χ4n) is 5.16. The van der Waals surface area contributed by atoms with Crippen LogP contribution in [0.15, 0.2) is 77.9 Å². The van der Waals surface area contributed by atoms with E-state index in [-0.39, 0.29) is 5.82 Å². The van der Waals surface area contributed by atoms with Crippen molar-refractivity contribution in [3.8, 4) is 0 Å². The highest BCUT2D eigenvalue weighted by molar-refractivity contribution is 6.01. The normalized spacial score (nSPS) is 23.3. The van der Waals surface area contributed by atoms with E-state index in [0.29, 0.717) is 17.5 Å². The summed E-state index contributed by atoms with van der Waals surface area (Å²) < 4.78 is 13.8. The Labute approximate surface area is 196 Å². The van der Waals surface area contributed by atoms with Crippen molar-refractivity contribution in [1.29, 1.82) is 0 Å². The van der Waals surface area contributed by atoms with Gasteiger partial charge in [-0.1, -0.05) is 48.6 Å². The van der Waals surface area contributed by atoms with Gasteiger partial charge in [0.2, 0.25) is 0 Å². The Kier molecular flexibility index (Phi) is 6.58. The van der Waals surface area contributed by atoms with Crippen LogP contribution in [-0.4, -0.2) is 60.9 Å². The molecule has 4 nitrogen and oxygen atoms in total. The Hall–Kier alpha value is -2.92. The third kappa shape index (κ3) is 5.03. The molecular formula is C28H33FN4. The molecule has 2 unspecified atom stereocenters. The second-order valence-electron chi connectivity index (χ2n) is 9.32. The standard InChI is InChI=1S/C28H33FN4/c1-22-20-24(12-13-26(22)29)27-21-28(23-8-4-2-5-9-23)33(30-27)19-16-31-14-17-32(18-15-31)25-10-6-3-7-11-25/h2-8,10-13,20,23,28H,9,14-19,21H2,1H3. The summed E-state index contributed by atoms with van der Waals surface area (Å²) in [6, 6.07) is 16.4. The molecule has 2 atom stereocenters. The van der Waals surface area contributed by atoms with Gasteiger partial charge < -0.3 is 4.90 Å². The molecule has 5 rings (SSSR count). The Balaban J connectivity index is 1.24. The van der Waals surface area contributed by atoms with E-state index in [2.05, 4.69) is 69.4 Å². The first-order chi connectivity index (χ1) is 16.2. The molecule has 2 heterocycles.